The second-order valence-corrected chi connectivity index (χ2v) is 2.23. The number of aliphatic hydroxyl groups is 1. The van der Waals surface area contributed by atoms with Crippen LogP contribution < -0.4 is 0 Å². The van der Waals surface area contributed by atoms with E-state index in [1.54, 1.807) is 0 Å². The van der Waals surface area contributed by atoms with Gasteiger partial charge in [0.05, 0.1) is 0 Å². The molecule has 0 aromatic carbocycles. The first-order valence-electron chi connectivity index (χ1n) is 3.23. The molecular formula is C6H11NO2. The van der Waals surface area contributed by atoms with E-state index in [1.165, 1.54) is 4.90 Å². The molecule has 1 rings (SSSR count). The van der Waals surface area contributed by atoms with E-state index in [1.807, 2.05) is 6.92 Å². The highest BCUT2D eigenvalue weighted by molar-refractivity contribution is 5.81. The van der Waals surface area contributed by atoms with Gasteiger partial charge < -0.3 is 10.0 Å². The van der Waals surface area contributed by atoms with Crippen LogP contribution in [0.3, 0.4) is 0 Å². The van der Waals surface area contributed by atoms with E-state index in [-0.39, 0.29) is 5.91 Å². The fourth-order valence-electron chi connectivity index (χ4n) is 0.868. The third-order valence-electron chi connectivity index (χ3n) is 1.61. The summed E-state index contributed by atoms with van der Waals surface area (Å²) in [7, 11) is 0. The number of carbonyl (C=O) groups is 1. The summed E-state index contributed by atoms with van der Waals surface area (Å²) in [5.74, 6) is 0.0735. The van der Waals surface area contributed by atoms with Gasteiger partial charge in [0.2, 0.25) is 5.91 Å². The predicted octanol–water partition coefficient (Wildman–Crippen LogP) is -0.0529. The monoisotopic (exact) mass is 129 g/mol. The van der Waals surface area contributed by atoms with Crippen LogP contribution in [-0.4, -0.2) is 28.7 Å². The Morgan fingerprint density at radius 1 is 1.89 bits per heavy atom. The van der Waals surface area contributed by atoms with Gasteiger partial charge in [0, 0.05) is 13.0 Å². The van der Waals surface area contributed by atoms with Crippen molar-refractivity contribution in [1.29, 1.82) is 0 Å². The fraction of sp³-hybridized carbons (Fsp3) is 0.833. The minimum atomic E-state index is -0.536. The maximum absolute atomic E-state index is 10.6. The summed E-state index contributed by atoms with van der Waals surface area (Å²) >= 11 is 0. The molecule has 3 heteroatoms. The Bertz CT molecular complexity index is 124. The van der Waals surface area contributed by atoms with Crippen molar-refractivity contribution >= 4 is 5.91 Å². The average Bonchev–Trinajstić information content (AvgIpc) is 1.84. The summed E-state index contributed by atoms with van der Waals surface area (Å²) in [4.78, 5) is 12.1. The number of carbonyl (C=O) groups excluding carboxylic acids is 1. The minimum absolute atomic E-state index is 0.0735. The van der Waals surface area contributed by atoms with Gasteiger partial charge in [-0.15, -0.1) is 0 Å². The first-order chi connectivity index (χ1) is 4.25. The van der Waals surface area contributed by atoms with E-state index in [2.05, 4.69) is 0 Å². The summed E-state index contributed by atoms with van der Waals surface area (Å²) in [5.41, 5.74) is 0. The van der Waals surface area contributed by atoms with E-state index < -0.39 is 6.23 Å². The maximum atomic E-state index is 10.6. The normalized spacial score (nSPS) is 21.6. The molecule has 1 atom stereocenters. The molecule has 0 aromatic heterocycles. The highest BCUT2D eigenvalue weighted by Crippen LogP contribution is 2.12. The van der Waals surface area contributed by atoms with Gasteiger partial charge in [-0.05, 0) is 6.42 Å². The Hall–Kier alpha value is -0.570. The number of likely N-dealkylation sites (tertiary alicyclic amines) is 1. The molecule has 52 valence electrons. The van der Waals surface area contributed by atoms with Gasteiger partial charge in [0.15, 0.2) is 0 Å². The maximum Gasteiger partial charge on any atom is 0.226 e. The van der Waals surface area contributed by atoms with Crippen molar-refractivity contribution in [1.82, 2.24) is 4.90 Å². The van der Waals surface area contributed by atoms with E-state index in [0.29, 0.717) is 12.8 Å². The van der Waals surface area contributed by atoms with Crippen LogP contribution in [0.2, 0.25) is 0 Å². The van der Waals surface area contributed by atoms with Gasteiger partial charge in [-0.25, -0.2) is 0 Å². The summed E-state index contributed by atoms with van der Waals surface area (Å²) in [6, 6.07) is 0. The molecule has 0 saturated carbocycles. The van der Waals surface area contributed by atoms with Crippen molar-refractivity contribution in [3.63, 3.8) is 0 Å². The highest BCUT2D eigenvalue weighted by atomic mass is 16.3. The van der Waals surface area contributed by atoms with Crippen LogP contribution >= 0.6 is 0 Å². The molecule has 1 saturated heterocycles. The molecular weight excluding hydrogens is 118 g/mol. The third-order valence-corrected chi connectivity index (χ3v) is 1.61. The smallest absolute Gasteiger partial charge is 0.226 e. The lowest BCUT2D eigenvalue weighted by Gasteiger charge is -2.34. The lowest BCUT2D eigenvalue weighted by atomic mass is 10.2. The summed E-state index contributed by atoms with van der Waals surface area (Å²) in [5, 5.41) is 9.05. The van der Waals surface area contributed by atoms with Gasteiger partial charge in [0.25, 0.3) is 0 Å². The van der Waals surface area contributed by atoms with E-state index >= 15 is 0 Å². The standard InChI is InChI=1S/C6H11NO2/c1-2-5(8)7-4-3-6(7)9/h5,8H,2-4H2,1H3. The Balaban J connectivity index is 2.34. The van der Waals surface area contributed by atoms with Crippen molar-refractivity contribution in [3.05, 3.63) is 0 Å². The molecule has 1 aliphatic heterocycles. The molecule has 0 bridgehead atoms. The number of β-lactam (4-membered cyclic amide) rings is 1. The molecule has 1 aliphatic rings. The minimum Gasteiger partial charge on any atom is -0.374 e. The molecule has 1 heterocycles. The second kappa shape index (κ2) is 2.35. The first-order valence-corrected chi connectivity index (χ1v) is 3.23. The molecule has 0 radical (unpaired) electrons. The van der Waals surface area contributed by atoms with Gasteiger partial charge in [-0.3, -0.25) is 4.79 Å². The molecule has 0 spiro atoms. The van der Waals surface area contributed by atoms with Gasteiger partial charge in [-0.2, -0.15) is 0 Å². The van der Waals surface area contributed by atoms with Crippen molar-refractivity contribution in [2.24, 2.45) is 0 Å². The Kier molecular flexibility index (Phi) is 1.71. The average molecular weight is 129 g/mol. The van der Waals surface area contributed by atoms with Crippen LogP contribution in [0.5, 0.6) is 0 Å². The van der Waals surface area contributed by atoms with Crippen molar-refractivity contribution in [2.75, 3.05) is 6.54 Å². The van der Waals surface area contributed by atoms with E-state index in [0.717, 1.165) is 6.54 Å². The molecule has 1 unspecified atom stereocenters. The van der Waals surface area contributed by atoms with Crippen molar-refractivity contribution in [2.45, 2.75) is 26.0 Å². The van der Waals surface area contributed by atoms with Crippen LogP contribution in [0.4, 0.5) is 0 Å². The topological polar surface area (TPSA) is 40.5 Å². The number of amides is 1. The summed E-state index contributed by atoms with van der Waals surface area (Å²) in [6.07, 6.45) is 0.703. The predicted molar refractivity (Wildman–Crippen MR) is 32.6 cm³/mol. The van der Waals surface area contributed by atoms with Crippen LogP contribution in [0.1, 0.15) is 19.8 Å². The van der Waals surface area contributed by atoms with Crippen molar-refractivity contribution in [3.8, 4) is 0 Å². The third kappa shape index (κ3) is 1.05. The second-order valence-electron chi connectivity index (χ2n) is 2.23. The summed E-state index contributed by atoms with van der Waals surface area (Å²) < 4.78 is 0. The quantitative estimate of drug-likeness (QED) is 0.531. The summed E-state index contributed by atoms with van der Waals surface area (Å²) in [6.45, 7) is 2.59. The molecule has 1 amide bonds. The van der Waals surface area contributed by atoms with Crippen LogP contribution in [0, 0.1) is 0 Å². The number of aliphatic hydroxyl groups excluding tert-OH is 1. The molecule has 3 nitrogen and oxygen atoms in total. The Labute approximate surface area is 54.3 Å². The molecule has 0 aliphatic carbocycles. The van der Waals surface area contributed by atoms with Crippen LogP contribution in [0.15, 0.2) is 0 Å². The van der Waals surface area contributed by atoms with Crippen LogP contribution in [0.25, 0.3) is 0 Å². The van der Waals surface area contributed by atoms with E-state index in [9.17, 15) is 4.79 Å². The SMILES string of the molecule is CCC(O)N1CCC1=O. The zero-order valence-electron chi connectivity index (χ0n) is 5.50. The Morgan fingerprint density at radius 2 is 2.56 bits per heavy atom. The molecule has 1 fully saturated rings. The number of nitrogens with zero attached hydrogens (tertiary/aromatic N) is 1. The zero-order chi connectivity index (χ0) is 6.85. The zero-order valence-corrected chi connectivity index (χ0v) is 5.50. The van der Waals surface area contributed by atoms with Gasteiger partial charge in [-0.1, -0.05) is 6.92 Å². The Morgan fingerprint density at radius 3 is 2.67 bits per heavy atom. The molecule has 1 N–H and O–H groups in total. The fourth-order valence-corrected chi connectivity index (χ4v) is 0.868. The van der Waals surface area contributed by atoms with Crippen molar-refractivity contribution < 1.29 is 9.90 Å². The van der Waals surface area contributed by atoms with Gasteiger partial charge >= 0.3 is 0 Å². The first kappa shape index (κ1) is 6.55. The number of hydrogen-bond donors (Lipinski definition) is 1. The lowest BCUT2D eigenvalue weighted by molar-refractivity contribution is -0.153. The van der Waals surface area contributed by atoms with Crippen LogP contribution in [-0.2, 0) is 4.79 Å². The van der Waals surface area contributed by atoms with E-state index in [4.69, 9.17) is 5.11 Å². The molecule has 0 aromatic rings. The largest absolute Gasteiger partial charge is 0.374 e. The highest BCUT2D eigenvalue weighted by Gasteiger charge is 2.28. The number of rotatable bonds is 2. The number of hydrogen-bond acceptors (Lipinski definition) is 2. The molecule has 9 heavy (non-hydrogen) atoms. The lowest BCUT2D eigenvalue weighted by Crippen LogP contribution is -2.49. The van der Waals surface area contributed by atoms with Gasteiger partial charge in [0.1, 0.15) is 6.23 Å².